The molecule has 1 atom stereocenters. The van der Waals surface area contributed by atoms with Gasteiger partial charge in [-0.1, -0.05) is 19.3 Å². The lowest BCUT2D eigenvalue weighted by atomic mass is 9.79. The number of aromatic nitrogens is 2. The van der Waals surface area contributed by atoms with Crippen LogP contribution in [-0.2, 0) is 13.6 Å². The van der Waals surface area contributed by atoms with Crippen LogP contribution in [-0.4, -0.2) is 39.1 Å². The summed E-state index contributed by atoms with van der Waals surface area (Å²) >= 11 is 0. The number of hydrogen-bond acceptors (Lipinski definition) is 3. The third-order valence-corrected chi connectivity index (χ3v) is 4.98. The first-order valence-corrected chi connectivity index (χ1v) is 7.64. The van der Waals surface area contributed by atoms with Crippen LogP contribution in [0.1, 0.15) is 44.9 Å². The third kappa shape index (κ3) is 2.70. The van der Waals surface area contributed by atoms with Gasteiger partial charge in [-0.3, -0.25) is 4.90 Å². The van der Waals surface area contributed by atoms with Gasteiger partial charge in [0.15, 0.2) is 0 Å². The monoisotopic (exact) mass is 262 g/mol. The molecule has 1 aromatic rings. The van der Waals surface area contributed by atoms with Crippen LogP contribution in [0.15, 0.2) is 12.4 Å². The highest BCUT2D eigenvalue weighted by Gasteiger charge is 2.38. The Balaban J connectivity index is 1.70. The van der Waals surface area contributed by atoms with Crippen LogP contribution in [0.3, 0.4) is 0 Å². The summed E-state index contributed by atoms with van der Waals surface area (Å²) < 4.78 is 2.14. The topological polar surface area (TPSA) is 33.1 Å². The SMILES string of the molecule is CC1CNC2(CCCCC2)CN1Cc1nccn1C. The Labute approximate surface area is 116 Å². The Hall–Kier alpha value is -0.870. The maximum absolute atomic E-state index is 4.48. The average Bonchev–Trinajstić information content (AvgIpc) is 2.81. The first-order chi connectivity index (χ1) is 9.19. The smallest absolute Gasteiger partial charge is 0.122 e. The maximum Gasteiger partial charge on any atom is 0.122 e. The van der Waals surface area contributed by atoms with Crippen molar-refractivity contribution in [3.63, 3.8) is 0 Å². The summed E-state index contributed by atoms with van der Waals surface area (Å²) in [5, 5.41) is 3.84. The van der Waals surface area contributed by atoms with Crippen LogP contribution >= 0.6 is 0 Å². The molecule has 2 fully saturated rings. The molecule has 1 aromatic heterocycles. The molecule has 0 radical (unpaired) electrons. The van der Waals surface area contributed by atoms with E-state index in [1.54, 1.807) is 0 Å². The minimum atomic E-state index is 0.385. The number of hydrogen-bond donors (Lipinski definition) is 1. The minimum Gasteiger partial charge on any atom is -0.337 e. The lowest BCUT2D eigenvalue weighted by Gasteiger charge is -2.48. The highest BCUT2D eigenvalue weighted by atomic mass is 15.3. The first kappa shape index (κ1) is 13.1. The molecule has 2 aliphatic rings. The van der Waals surface area contributed by atoms with Crippen LogP contribution in [0.25, 0.3) is 0 Å². The van der Waals surface area contributed by atoms with Crippen LogP contribution in [0.4, 0.5) is 0 Å². The van der Waals surface area contributed by atoms with Gasteiger partial charge in [0.2, 0.25) is 0 Å². The molecule has 1 N–H and O–H groups in total. The van der Waals surface area contributed by atoms with Gasteiger partial charge in [0.1, 0.15) is 5.82 Å². The van der Waals surface area contributed by atoms with Gasteiger partial charge in [0.05, 0.1) is 6.54 Å². The van der Waals surface area contributed by atoms with E-state index in [0.717, 1.165) is 13.1 Å². The molecule has 1 spiro atoms. The van der Waals surface area contributed by atoms with E-state index in [2.05, 4.69) is 33.7 Å². The zero-order valence-corrected chi connectivity index (χ0v) is 12.2. The first-order valence-electron chi connectivity index (χ1n) is 7.64. The summed E-state index contributed by atoms with van der Waals surface area (Å²) in [7, 11) is 2.09. The molecule has 0 aromatic carbocycles. The zero-order chi connectivity index (χ0) is 13.3. The van der Waals surface area contributed by atoms with Crippen molar-refractivity contribution in [2.45, 2.75) is 57.2 Å². The van der Waals surface area contributed by atoms with E-state index >= 15 is 0 Å². The molecule has 0 bridgehead atoms. The quantitative estimate of drug-likeness (QED) is 0.884. The van der Waals surface area contributed by atoms with Crippen LogP contribution in [0, 0.1) is 0 Å². The average molecular weight is 262 g/mol. The van der Waals surface area contributed by atoms with E-state index in [-0.39, 0.29) is 0 Å². The van der Waals surface area contributed by atoms with Gasteiger partial charge in [-0.25, -0.2) is 4.98 Å². The van der Waals surface area contributed by atoms with E-state index in [0.29, 0.717) is 11.6 Å². The van der Waals surface area contributed by atoms with Gasteiger partial charge >= 0.3 is 0 Å². The van der Waals surface area contributed by atoms with Gasteiger partial charge in [-0.05, 0) is 19.8 Å². The number of nitrogens with zero attached hydrogens (tertiary/aromatic N) is 3. The lowest BCUT2D eigenvalue weighted by Crippen LogP contribution is -2.63. The molecule has 3 rings (SSSR count). The van der Waals surface area contributed by atoms with Gasteiger partial charge in [0.25, 0.3) is 0 Å². The normalized spacial score (nSPS) is 27.8. The van der Waals surface area contributed by atoms with Crippen molar-refractivity contribution in [3.05, 3.63) is 18.2 Å². The number of aryl methyl sites for hydroxylation is 1. The molecule has 1 aliphatic carbocycles. The van der Waals surface area contributed by atoms with Crippen molar-refractivity contribution in [1.82, 2.24) is 19.8 Å². The van der Waals surface area contributed by atoms with Crippen molar-refractivity contribution in [2.24, 2.45) is 7.05 Å². The maximum atomic E-state index is 4.48. The molecule has 4 nitrogen and oxygen atoms in total. The van der Waals surface area contributed by atoms with Gasteiger partial charge < -0.3 is 9.88 Å². The Morgan fingerprint density at radius 3 is 2.84 bits per heavy atom. The van der Waals surface area contributed by atoms with Crippen LogP contribution < -0.4 is 5.32 Å². The van der Waals surface area contributed by atoms with Crippen LogP contribution in [0.2, 0.25) is 0 Å². The Kier molecular flexibility index (Phi) is 3.63. The fourth-order valence-electron chi connectivity index (χ4n) is 3.60. The fourth-order valence-corrected chi connectivity index (χ4v) is 3.60. The minimum absolute atomic E-state index is 0.385. The Morgan fingerprint density at radius 2 is 2.16 bits per heavy atom. The fraction of sp³-hybridized carbons (Fsp3) is 0.800. The predicted octanol–water partition coefficient (Wildman–Crippen LogP) is 1.92. The third-order valence-electron chi connectivity index (χ3n) is 4.98. The second-order valence-corrected chi connectivity index (χ2v) is 6.43. The van der Waals surface area contributed by atoms with E-state index in [1.165, 1.54) is 44.5 Å². The molecule has 1 saturated heterocycles. The molecular weight excluding hydrogens is 236 g/mol. The molecule has 4 heteroatoms. The predicted molar refractivity (Wildman–Crippen MR) is 76.9 cm³/mol. The Bertz CT molecular complexity index is 420. The molecule has 106 valence electrons. The summed E-state index contributed by atoms with van der Waals surface area (Å²) in [6, 6.07) is 0.601. The summed E-state index contributed by atoms with van der Waals surface area (Å²) in [6.45, 7) is 5.60. The van der Waals surface area contributed by atoms with Gasteiger partial charge in [-0.15, -0.1) is 0 Å². The molecular formula is C15H26N4. The highest BCUT2D eigenvalue weighted by Crippen LogP contribution is 2.32. The van der Waals surface area contributed by atoms with E-state index in [9.17, 15) is 0 Å². The summed E-state index contributed by atoms with van der Waals surface area (Å²) in [6.07, 6.45) is 10.8. The zero-order valence-electron chi connectivity index (χ0n) is 12.2. The molecule has 1 unspecified atom stereocenters. The molecule has 0 amide bonds. The lowest BCUT2D eigenvalue weighted by molar-refractivity contribution is 0.0549. The standard InChI is InChI=1S/C15H26N4/c1-13-10-17-15(6-4-3-5-7-15)12-19(13)11-14-16-8-9-18(14)2/h8-9,13,17H,3-7,10-12H2,1-2H3. The van der Waals surface area contributed by atoms with Gasteiger partial charge in [0, 0.05) is 44.1 Å². The number of piperazine rings is 1. The van der Waals surface area contributed by atoms with Crippen molar-refractivity contribution in [2.75, 3.05) is 13.1 Å². The second-order valence-electron chi connectivity index (χ2n) is 6.43. The molecule has 1 aliphatic heterocycles. The van der Waals surface area contributed by atoms with Crippen molar-refractivity contribution in [3.8, 4) is 0 Å². The van der Waals surface area contributed by atoms with Crippen molar-refractivity contribution in [1.29, 1.82) is 0 Å². The summed E-state index contributed by atoms with van der Waals surface area (Å²) in [5.74, 6) is 1.18. The second kappa shape index (κ2) is 5.25. The largest absolute Gasteiger partial charge is 0.337 e. The molecule has 19 heavy (non-hydrogen) atoms. The highest BCUT2D eigenvalue weighted by molar-refractivity contribution is 5.01. The molecule has 1 saturated carbocycles. The van der Waals surface area contributed by atoms with E-state index in [4.69, 9.17) is 0 Å². The van der Waals surface area contributed by atoms with Crippen LogP contribution in [0.5, 0.6) is 0 Å². The van der Waals surface area contributed by atoms with E-state index in [1.807, 2.05) is 12.4 Å². The van der Waals surface area contributed by atoms with E-state index < -0.39 is 0 Å². The van der Waals surface area contributed by atoms with Gasteiger partial charge in [-0.2, -0.15) is 0 Å². The number of nitrogens with one attached hydrogen (secondary N) is 1. The summed E-state index contributed by atoms with van der Waals surface area (Å²) in [4.78, 5) is 7.09. The summed E-state index contributed by atoms with van der Waals surface area (Å²) in [5.41, 5.74) is 0.385. The molecule has 2 heterocycles. The Morgan fingerprint density at radius 1 is 1.37 bits per heavy atom. The number of rotatable bonds is 2. The van der Waals surface area contributed by atoms with Crippen molar-refractivity contribution < 1.29 is 0 Å². The van der Waals surface area contributed by atoms with Crippen molar-refractivity contribution >= 4 is 0 Å². The number of imidazole rings is 1.